The lowest BCUT2D eigenvalue weighted by Gasteiger charge is -2.31. The number of carbonyl (C=O) groups excluding carboxylic acids is 1. The highest BCUT2D eigenvalue weighted by Crippen LogP contribution is 2.30. The van der Waals surface area contributed by atoms with Crippen molar-refractivity contribution in [2.24, 2.45) is 11.8 Å². The first kappa shape index (κ1) is 18.5. The van der Waals surface area contributed by atoms with Crippen molar-refractivity contribution in [2.75, 3.05) is 19.7 Å². The van der Waals surface area contributed by atoms with Crippen LogP contribution in [0.3, 0.4) is 0 Å². The van der Waals surface area contributed by atoms with Gasteiger partial charge in [0.05, 0.1) is 18.6 Å². The van der Waals surface area contributed by atoms with Crippen LogP contribution >= 0.6 is 0 Å². The fraction of sp³-hybridized carbons (Fsp3) is 0.579. The number of rotatable bonds is 6. The van der Waals surface area contributed by atoms with Crippen molar-refractivity contribution >= 4 is 12.0 Å². The molecule has 7 heteroatoms. The van der Waals surface area contributed by atoms with Gasteiger partial charge in [-0.25, -0.2) is 9.18 Å². The molecule has 0 aromatic heterocycles. The Labute approximate surface area is 152 Å². The Kier molecular flexibility index (Phi) is 5.64. The standard InChI is InChI=1S/C19H25FN2O4/c1-12(21-19(25)22-8-2-3-15(10-22)18(23)24)14-6-7-17(16(20)9-14)26-11-13-4-5-13/h6-7,9,12-13,15H,2-5,8,10-11H2,1H3,(H,21,25)(H,23,24). The molecule has 1 heterocycles. The zero-order valence-electron chi connectivity index (χ0n) is 14.9. The van der Waals surface area contributed by atoms with E-state index in [0.29, 0.717) is 37.5 Å². The quantitative estimate of drug-likeness (QED) is 0.813. The summed E-state index contributed by atoms with van der Waals surface area (Å²) < 4.78 is 19.7. The van der Waals surface area contributed by atoms with Crippen molar-refractivity contribution in [3.05, 3.63) is 29.6 Å². The number of piperidine rings is 1. The van der Waals surface area contributed by atoms with E-state index in [4.69, 9.17) is 9.84 Å². The van der Waals surface area contributed by atoms with Gasteiger partial charge in [0.15, 0.2) is 11.6 Å². The summed E-state index contributed by atoms with van der Waals surface area (Å²) in [6.45, 7) is 3.05. The van der Waals surface area contributed by atoms with Gasteiger partial charge >= 0.3 is 12.0 Å². The molecule has 0 spiro atoms. The molecule has 2 fully saturated rings. The van der Waals surface area contributed by atoms with E-state index >= 15 is 0 Å². The van der Waals surface area contributed by atoms with Crippen LogP contribution in [0.4, 0.5) is 9.18 Å². The third-order valence-electron chi connectivity index (χ3n) is 5.03. The summed E-state index contributed by atoms with van der Waals surface area (Å²) in [4.78, 5) is 25.0. The first-order chi connectivity index (χ1) is 12.4. The minimum atomic E-state index is -0.876. The minimum Gasteiger partial charge on any atom is -0.490 e. The van der Waals surface area contributed by atoms with Gasteiger partial charge < -0.3 is 20.1 Å². The molecule has 1 saturated heterocycles. The van der Waals surface area contributed by atoms with Gasteiger partial charge in [0.25, 0.3) is 0 Å². The smallest absolute Gasteiger partial charge is 0.317 e. The molecule has 2 N–H and O–H groups in total. The van der Waals surface area contributed by atoms with Gasteiger partial charge in [-0.1, -0.05) is 6.07 Å². The third-order valence-corrected chi connectivity index (χ3v) is 5.03. The van der Waals surface area contributed by atoms with Crippen molar-refractivity contribution in [3.63, 3.8) is 0 Å². The number of urea groups is 1. The van der Waals surface area contributed by atoms with E-state index in [1.807, 2.05) is 0 Å². The maximum absolute atomic E-state index is 14.2. The second-order valence-corrected chi connectivity index (χ2v) is 7.24. The highest BCUT2D eigenvalue weighted by molar-refractivity contribution is 5.77. The molecule has 26 heavy (non-hydrogen) atoms. The number of hydrogen-bond donors (Lipinski definition) is 2. The van der Waals surface area contributed by atoms with Crippen LogP contribution in [-0.2, 0) is 4.79 Å². The molecule has 3 rings (SSSR count). The average molecular weight is 364 g/mol. The first-order valence-electron chi connectivity index (χ1n) is 9.14. The molecule has 1 aromatic carbocycles. The SMILES string of the molecule is CC(NC(=O)N1CCCC(C(=O)O)C1)c1ccc(OCC2CC2)c(F)c1. The van der Waals surface area contributed by atoms with Crippen LogP contribution < -0.4 is 10.1 Å². The summed E-state index contributed by atoms with van der Waals surface area (Å²) in [7, 11) is 0. The normalized spacial score (nSPS) is 21.2. The Morgan fingerprint density at radius 3 is 2.81 bits per heavy atom. The predicted octanol–water partition coefficient (Wildman–Crippen LogP) is 3.18. The average Bonchev–Trinajstić information content (AvgIpc) is 3.45. The number of nitrogens with zero attached hydrogens (tertiary/aromatic N) is 1. The highest BCUT2D eigenvalue weighted by atomic mass is 19.1. The predicted molar refractivity (Wildman–Crippen MR) is 93.5 cm³/mol. The Bertz CT molecular complexity index is 678. The van der Waals surface area contributed by atoms with Crippen molar-refractivity contribution in [3.8, 4) is 5.75 Å². The number of nitrogens with one attached hydrogen (secondary N) is 1. The first-order valence-corrected chi connectivity index (χ1v) is 9.14. The van der Waals surface area contributed by atoms with Crippen LogP contribution in [0.5, 0.6) is 5.75 Å². The molecular formula is C19H25FN2O4. The van der Waals surface area contributed by atoms with Crippen LogP contribution in [0.25, 0.3) is 0 Å². The summed E-state index contributed by atoms with van der Waals surface area (Å²) in [5.41, 5.74) is 0.640. The summed E-state index contributed by atoms with van der Waals surface area (Å²) in [5, 5.41) is 11.9. The second-order valence-electron chi connectivity index (χ2n) is 7.24. The van der Waals surface area contributed by atoms with Crippen LogP contribution in [0.1, 0.15) is 44.2 Å². The van der Waals surface area contributed by atoms with Gasteiger partial charge in [-0.15, -0.1) is 0 Å². The summed E-state index contributed by atoms with van der Waals surface area (Å²) in [6, 6.07) is 4.00. The Hall–Kier alpha value is -2.31. The third kappa shape index (κ3) is 4.65. The lowest BCUT2D eigenvalue weighted by Crippen LogP contribution is -2.47. The molecule has 1 aliphatic heterocycles. The molecule has 6 nitrogen and oxygen atoms in total. The molecule has 2 unspecified atom stereocenters. The molecule has 2 amide bonds. The minimum absolute atomic E-state index is 0.205. The zero-order chi connectivity index (χ0) is 18.7. The number of carbonyl (C=O) groups is 2. The van der Waals surface area contributed by atoms with Crippen LogP contribution in [0, 0.1) is 17.7 Å². The number of likely N-dealkylation sites (tertiary alicyclic amines) is 1. The molecule has 1 aliphatic carbocycles. The van der Waals surface area contributed by atoms with Crippen LogP contribution in [0.15, 0.2) is 18.2 Å². The van der Waals surface area contributed by atoms with Gasteiger partial charge in [-0.2, -0.15) is 0 Å². The number of carboxylic acid groups (broad SMARTS) is 1. The van der Waals surface area contributed by atoms with Crippen LogP contribution in [0.2, 0.25) is 0 Å². The number of benzene rings is 1. The molecule has 142 valence electrons. The highest BCUT2D eigenvalue weighted by Gasteiger charge is 2.29. The lowest BCUT2D eigenvalue weighted by molar-refractivity contribution is -0.143. The number of hydrogen-bond acceptors (Lipinski definition) is 3. The van der Waals surface area contributed by atoms with E-state index in [1.54, 1.807) is 19.1 Å². The second kappa shape index (κ2) is 7.93. The lowest BCUT2D eigenvalue weighted by atomic mass is 9.98. The fourth-order valence-corrected chi connectivity index (χ4v) is 3.12. The Morgan fingerprint density at radius 1 is 1.38 bits per heavy atom. The summed E-state index contributed by atoms with van der Waals surface area (Å²) >= 11 is 0. The topological polar surface area (TPSA) is 78.9 Å². The van der Waals surface area contributed by atoms with Crippen molar-refractivity contribution in [1.29, 1.82) is 0 Å². The number of halogens is 1. The van der Waals surface area contributed by atoms with Gasteiger partial charge in [-0.05, 0) is 56.2 Å². The Balaban J connectivity index is 1.56. The molecule has 2 atom stereocenters. The van der Waals surface area contributed by atoms with Crippen molar-refractivity contribution in [2.45, 2.75) is 38.6 Å². The fourth-order valence-electron chi connectivity index (χ4n) is 3.12. The molecule has 0 radical (unpaired) electrons. The maximum Gasteiger partial charge on any atom is 0.317 e. The molecule has 1 aromatic rings. The van der Waals surface area contributed by atoms with Crippen LogP contribution in [-0.4, -0.2) is 41.7 Å². The van der Waals surface area contributed by atoms with Crippen molar-refractivity contribution in [1.82, 2.24) is 10.2 Å². The zero-order valence-corrected chi connectivity index (χ0v) is 14.9. The van der Waals surface area contributed by atoms with E-state index in [2.05, 4.69) is 5.32 Å². The number of aliphatic carboxylic acids is 1. The monoisotopic (exact) mass is 364 g/mol. The van der Waals surface area contributed by atoms with E-state index in [-0.39, 0.29) is 24.4 Å². The van der Waals surface area contributed by atoms with Gasteiger partial charge in [0.1, 0.15) is 0 Å². The summed E-state index contributed by atoms with van der Waals surface area (Å²) in [6.07, 6.45) is 3.53. The number of amides is 2. The largest absolute Gasteiger partial charge is 0.490 e. The maximum atomic E-state index is 14.2. The van der Waals surface area contributed by atoms with Gasteiger partial charge in [0.2, 0.25) is 0 Å². The molecule has 2 aliphatic rings. The molecule has 1 saturated carbocycles. The number of ether oxygens (including phenoxy) is 1. The number of carboxylic acids is 1. The Morgan fingerprint density at radius 2 is 2.15 bits per heavy atom. The summed E-state index contributed by atoms with van der Waals surface area (Å²) in [5.74, 6) is -1.05. The van der Waals surface area contributed by atoms with E-state index in [9.17, 15) is 14.0 Å². The van der Waals surface area contributed by atoms with E-state index in [1.165, 1.54) is 11.0 Å². The van der Waals surface area contributed by atoms with Crippen molar-refractivity contribution < 1.29 is 23.8 Å². The van der Waals surface area contributed by atoms with Gasteiger partial charge in [0, 0.05) is 13.1 Å². The molecular weight excluding hydrogens is 339 g/mol. The molecule has 0 bridgehead atoms. The van der Waals surface area contributed by atoms with Gasteiger partial charge in [-0.3, -0.25) is 4.79 Å². The van der Waals surface area contributed by atoms with E-state index < -0.39 is 17.7 Å². The van der Waals surface area contributed by atoms with E-state index in [0.717, 1.165) is 12.8 Å².